The van der Waals surface area contributed by atoms with E-state index in [-0.39, 0.29) is 5.91 Å². The Balaban J connectivity index is 2.80. The number of nitrogens with one attached hydrogen (secondary N) is 1. The van der Waals surface area contributed by atoms with Crippen molar-refractivity contribution < 1.29 is 13.6 Å². The lowest BCUT2D eigenvalue weighted by molar-refractivity contribution is -0.129. The van der Waals surface area contributed by atoms with Crippen LogP contribution in [0.15, 0.2) is 29.2 Å². The molecule has 0 aliphatic heterocycles. The van der Waals surface area contributed by atoms with Crippen LogP contribution in [-0.2, 0) is 4.79 Å². The van der Waals surface area contributed by atoms with Crippen LogP contribution in [0.3, 0.4) is 0 Å². The fraction of sp³-hybridized carbons (Fsp3) is 0.417. The van der Waals surface area contributed by atoms with E-state index in [1.807, 2.05) is 0 Å². The van der Waals surface area contributed by atoms with Gasteiger partial charge in [0.15, 0.2) is 0 Å². The first-order valence-electron chi connectivity index (χ1n) is 5.43. The van der Waals surface area contributed by atoms with Gasteiger partial charge in [0.25, 0.3) is 5.76 Å². The molecule has 0 aliphatic carbocycles. The predicted octanol–water partition coefficient (Wildman–Crippen LogP) is 2.89. The summed E-state index contributed by atoms with van der Waals surface area (Å²) in [6.07, 6.45) is 0. The highest BCUT2D eigenvalue weighted by molar-refractivity contribution is 7.99. The van der Waals surface area contributed by atoms with E-state index < -0.39 is 11.8 Å². The molecule has 0 spiro atoms. The lowest BCUT2D eigenvalue weighted by Crippen LogP contribution is -2.36. The molecular weight excluding hydrogens is 258 g/mol. The summed E-state index contributed by atoms with van der Waals surface area (Å²) in [5.41, 5.74) is 0.547. The maximum absolute atomic E-state index is 12.4. The first kappa shape index (κ1) is 14.8. The van der Waals surface area contributed by atoms with Gasteiger partial charge in [0, 0.05) is 24.7 Å². The van der Waals surface area contributed by atoms with Crippen LogP contribution in [-0.4, -0.2) is 36.7 Å². The standard InChI is InChI=1S/C12H16F2N2OS/c1-8(11(17)16(2)3)15-9-6-4-5-7-10(9)18-12(13)14/h4-8,12,15H,1-3H3. The molecule has 0 fully saturated rings. The van der Waals surface area contributed by atoms with Gasteiger partial charge >= 0.3 is 0 Å². The average molecular weight is 274 g/mol. The summed E-state index contributed by atoms with van der Waals surface area (Å²) >= 11 is 0.466. The molecule has 1 aromatic rings. The first-order valence-corrected chi connectivity index (χ1v) is 6.31. The third-order valence-corrected chi connectivity index (χ3v) is 3.07. The Hall–Kier alpha value is -1.30. The van der Waals surface area contributed by atoms with E-state index in [0.29, 0.717) is 22.3 Å². The summed E-state index contributed by atoms with van der Waals surface area (Å²) in [6, 6.07) is 6.26. The molecule has 18 heavy (non-hydrogen) atoms. The number of anilines is 1. The molecule has 0 saturated heterocycles. The van der Waals surface area contributed by atoms with Crippen LogP contribution in [0, 0.1) is 0 Å². The van der Waals surface area contributed by atoms with Gasteiger partial charge in [0.1, 0.15) is 6.04 Å². The number of thioether (sulfide) groups is 1. The lowest BCUT2D eigenvalue weighted by atomic mass is 10.2. The van der Waals surface area contributed by atoms with Crippen LogP contribution >= 0.6 is 11.8 Å². The van der Waals surface area contributed by atoms with Crippen LogP contribution < -0.4 is 5.32 Å². The molecule has 1 aromatic carbocycles. The highest BCUT2D eigenvalue weighted by Crippen LogP contribution is 2.31. The maximum atomic E-state index is 12.4. The number of likely N-dealkylation sites (N-methyl/N-ethyl adjacent to an activating group) is 1. The molecule has 0 aromatic heterocycles. The third kappa shape index (κ3) is 4.18. The number of carbonyl (C=O) groups is 1. The highest BCUT2D eigenvalue weighted by atomic mass is 32.2. The van der Waals surface area contributed by atoms with Crippen molar-refractivity contribution in [3.05, 3.63) is 24.3 Å². The highest BCUT2D eigenvalue weighted by Gasteiger charge is 2.17. The van der Waals surface area contributed by atoms with E-state index in [4.69, 9.17) is 0 Å². The topological polar surface area (TPSA) is 32.3 Å². The van der Waals surface area contributed by atoms with E-state index in [1.54, 1.807) is 45.3 Å². The summed E-state index contributed by atoms with van der Waals surface area (Å²) in [6.45, 7) is 1.70. The van der Waals surface area contributed by atoms with Gasteiger partial charge in [-0.15, -0.1) is 0 Å². The molecule has 0 heterocycles. The molecule has 100 valence electrons. The lowest BCUT2D eigenvalue weighted by Gasteiger charge is -2.20. The minimum Gasteiger partial charge on any atom is -0.373 e. The first-order chi connectivity index (χ1) is 8.41. The van der Waals surface area contributed by atoms with Crippen LogP contribution in [0.4, 0.5) is 14.5 Å². The number of carbonyl (C=O) groups excluding carboxylic acids is 1. The molecule has 0 bridgehead atoms. The van der Waals surface area contributed by atoms with Gasteiger partial charge in [-0.05, 0) is 19.1 Å². The van der Waals surface area contributed by atoms with E-state index in [0.717, 1.165) is 0 Å². The number of rotatable bonds is 5. The van der Waals surface area contributed by atoms with E-state index >= 15 is 0 Å². The summed E-state index contributed by atoms with van der Waals surface area (Å²) in [5, 5.41) is 2.95. The Bertz CT molecular complexity index is 413. The number of hydrogen-bond acceptors (Lipinski definition) is 3. The Labute approximate surface area is 110 Å². The monoisotopic (exact) mass is 274 g/mol. The van der Waals surface area contributed by atoms with Crippen molar-refractivity contribution in [3.8, 4) is 0 Å². The van der Waals surface area contributed by atoms with Crippen LogP contribution in [0.25, 0.3) is 0 Å². The van der Waals surface area contributed by atoms with E-state index in [2.05, 4.69) is 5.32 Å². The number of para-hydroxylation sites is 1. The number of halogens is 2. The Morgan fingerprint density at radius 2 is 1.94 bits per heavy atom. The number of alkyl halides is 2. The van der Waals surface area contributed by atoms with Gasteiger partial charge in [-0.1, -0.05) is 23.9 Å². The van der Waals surface area contributed by atoms with Crippen molar-refractivity contribution in [3.63, 3.8) is 0 Å². The smallest absolute Gasteiger partial charge is 0.288 e. The second-order valence-corrected chi connectivity index (χ2v) is 5.01. The number of hydrogen-bond donors (Lipinski definition) is 1. The van der Waals surface area contributed by atoms with Gasteiger partial charge in [0.2, 0.25) is 5.91 Å². The molecule has 1 unspecified atom stereocenters. The zero-order valence-electron chi connectivity index (χ0n) is 10.5. The second-order valence-electron chi connectivity index (χ2n) is 3.97. The zero-order chi connectivity index (χ0) is 13.7. The summed E-state index contributed by atoms with van der Waals surface area (Å²) in [5.74, 6) is -2.58. The van der Waals surface area contributed by atoms with Crippen LogP contribution in [0.1, 0.15) is 6.92 Å². The Morgan fingerprint density at radius 1 is 1.33 bits per heavy atom. The molecule has 0 aliphatic rings. The quantitative estimate of drug-likeness (QED) is 0.838. The van der Waals surface area contributed by atoms with Crippen molar-refractivity contribution in [1.82, 2.24) is 4.90 Å². The molecule has 1 amide bonds. The Kier molecular flexibility index (Phi) is 5.40. The van der Waals surface area contributed by atoms with Gasteiger partial charge < -0.3 is 10.2 Å². The molecule has 0 radical (unpaired) electrons. The third-order valence-electron chi connectivity index (χ3n) is 2.29. The second kappa shape index (κ2) is 6.58. The van der Waals surface area contributed by atoms with Crippen molar-refractivity contribution in [2.75, 3.05) is 19.4 Å². The number of benzene rings is 1. The normalized spacial score (nSPS) is 12.3. The molecule has 1 rings (SSSR count). The number of amides is 1. The minimum absolute atomic E-state index is 0.105. The fourth-order valence-electron chi connectivity index (χ4n) is 1.47. The van der Waals surface area contributed by atoms with Crippen molar-refractivity contribution >= 4 is 23.4 Å². The zero-order valence-corrected chi connectivity index (χ0v) is 11.3. The van der Waals surface area contributed by atoms with Gasteiger partial charge in [0.05, 0.1) is 0 Å². The van der Waals surface area contributed by atoms with Gasteiger partial charge in [-0.3, -0.25) is 4.79 Å². The predicted molar refractivity (Wildman–Crippen MR) is 70.1 cm³/mol. The largest absolute Gasteiger partial charge is 0.373 e. The van der Waals surface area contributed by atoms with Crippen molar-refractivity contribution in [1.29, 1.82) is 0 Å². The van der Waals surface area contributed by atoms with Crippen molar-refractivity contribution in [2.24, 2.45) is 0 Å². The number of nitrogens with zero attached hydrogens (tertiary/aromatic N) is 1. The van der Waals surface area contributed by atoms with Gasteiger partial charge in [-0.2, -0.15) is 8.78 Å². The SMILES string of the molecule is CC(Nc1ccccc1SC(F)F)C(=O)N(C)C. The van der Waals surface area contributed by atoms with Crippen LogP contribution in [0.5, 0.6) is 0 Å². The molecule has 0 saturated carbocycles. The molecule has 1 N–H and O–H groups in total. The molecular formula is C12H16F2N2OS. The Morgan fingerprint density at radius 3 is 2.50 bits per heavy atom. The summed E-state index contributed by atoms with van der Waals surface area (Å²) < 4.78 is 24.8. The fourth-order valence-corrected chi connectivity index (χ4v) is 2.07. The summed E-state index contributed by atoms with van der Waals surface area (Å²) in [7, 11) is 3.31. The van der Waals surface area contributed by atoms with E-state index in [1.165, 1.54) is 4.90 Å². The van der Waals surface area contributed by atoms with Crippen LogP contribution in [0.2, 0.25) is 0 Å². The molecule has 6 heteroatoms. The molecule has 3 nitrogen and oxygen atoms in total. The average Bonchev–Trinajstić information content (AvgIpc) is 2.29. The van der Waals surface area contributed by atoms with Gasteiger partial charge in [-0.25, -0.2) is 0 Å². The summed E-state index contributed by atoms with van der Waals surface area (Å²) in [4.78, 5) is 13.6. The maximum Gasteiger partial charge on any atom is 0.288 e. The minimum atomic E-state index is -2.48. The van der Waals surface area contributed by atoms with E-state index in [9.17, 15) is 13.6 Å². The molecule has 1 atom stereocenters. The van der Waals surface area contributed by atoms with Crippen molar-refractivity contribution in [2.45, 2.75) is 23.6 Å².